The van der Waals surface area contributed by atoms with Gasteiger partial charge in [-0.05, 0) is 37.2 Å². The van der Waals surface area contributed by atoms with E-state index in [2.05, 4.69) is 10.0 Å². The average molecular weight is 314 g/mol. The van der Waals surface area contributed by atoms with E-state index in [4.69, 9.17) is 5.26 Å². The van der Waals surface area contributed by atoms with Crippen molar-refractivity contribution in [1.82, 2.24) is 10.0 Å². The molecule has 1 heterocycles. The van der Waals surface area contributed by atoms with E-state index in [1.807, 2.05) is 12.1 Å². The Kier molecular flexibility index (Phi) is 6.17. The molecule has 1 aliphatic heterocycles. The maximum absolute atomic E-state index is 12.0. The zero-order chi connectivity index (χ0) is 13.7. The second-order valence-corrected chi connectivity index (χ2v) is 6.04. The summed E-state index contributed by atoms with van der Waals surface area (Å²) in [5, 5.41) is 11.8. The van der Waals surface area contributed by atoms with E-state index in [0.717, 1.165) is 25.1 Å². The van der Waals surface area contributed by atoms with Gasteiger partial charge in [0.25, 0.3) is 0 Å². The number of rotatable bonds is 4. The number of halogens is 1. The number of nitrogens with one attached hydrogen (secondary N) is 2. The summed E-state index contributed by atoms with van der Waals surface area (Å²) in [7, 11) is -3.51. The van der Waals surface area contributed by atoms with E-state index < -0.39 is 10.0 Å². The van der Waals surface area contributed by atoms with Gasteiger partial charge in [0.1, 0.15) is 0 Å². The van der Waals surface area contributed by atoms with Crippen LogP contribution in [0.3, 0.4) is 0 Å². The van der Waals surface area contributed by atoms with Crippen LogP contribution >= 0.6 is 12.4 Å². The zero-order valence-corrected chi connectivity index (χ0v) is 12.4. The number of hydrogen-bond donors (Lipinski definition) is 2. The summed E-state index contributed by atoms with van der Waals surface area (Å²) >= 11 is 0. The molecule has 2 rings (SSSR count). The van der Waals surface area contributed by atoms with Crippen LogP contribution < -0.4 is 10.0 Å². The lowest BCUT2D eigenvalue weighted by molar-refractivity contribution is 0.582. The minimum atomic E-state index is -3.51. The van der Waals surface area contributed by atoms with E-state index in [1.54, 1.807) is 0 Å². The summed E-state index contributed by atoms with van der Waals surface area (Å²) < 4.78 is 26.7. The molecule has 0 amide bonds. The van der Waals surface area contributed by atoms with Crippen LogP contribution in [0.2, 0.25) is 0 Å². The molecule has 0 spiro atoms. The molecule has 0 saturated carbocycles. The first kappa shape index (κ1) is 16.7. The van der Waals surface area contributed by atoms with Crippen molar-refractivity contribution in [2.24, 2.45) is 0 Å². The predicted molar refractivity (Wildman–Crippen MR) is 79.2 cm³/mol. The molecule has 108 valence electrons. The monoisotopic (exact) mass is 313 g/mol. The van der Waals surface area contributed by atoms with Crippen LogP contribution in [-0.2, 0) is 10.0 Å². The molecule has 20 heavy (non-hydrogen) atoms. The van der Waals surface area contributed by atoms with Gasteiger partial charge in [-0.3, -0.25) is 0 Å². The minimum Gasteiger partial charge on any atom is -0.313 e. The van der Waals surface area contributed by atoms with E-state index in [9.17, 15) is 8.42 Å². The van der Waals surface area contributed by atoms with Gasteiger partial charge in [-0.2, -0.15) is 5.26 Å². The van der Waals surface area contributed by atoms with Gasteiger partial charge in [0, 0.05) is 13.1 Å². The van der Waals surface area contributed by atoms with Crippen molar-refractivity contribution in [2.75, 3.05) is 19.6 Å². The molecule has 0 aromatic heterocycles. The Labute approximate surface area is 125 Å². The largest absolute Gasteiger partial charge is 0.313 e. The van der Waals surface area contributed by atoms with Crippen LogP contribution in [0.25, 0.3) is 0 Å². The van der Waals surface area contributed by atoms with Gasteiger partial charge in [-0.1, -0.05) is 11.6 Å². The summed E-state index contributed by atoms with van der Waals surface area (Å²) in [6, 6.07) is 7.84. The fourth-order valence-corrected chi connectivity index (χ4v) is 2.85. The number of nitrogens with zero attached hydrogens (tertiary/aromatic N) is 1. The SMILES string of the molecule is Cl.N#Cc1ccc(S(=O)(=O)NCC2=CCNCC2)cc1. The quantitative estimate of drug-likeness (QED) is 0.818. The van der Waals surface area contributed by atoms with E-state index in [1.165, 1.54) is 24.3 Å². The topological polar surface area (TPSA) is 82.0 Å². The van der Waals surface area contributed by atoms with Crippen molar-refractivity contribution in [1.29, 1.82) is 5.26 Å². The van der Waals surface area contributed by atoms with E-state index >= 15 is 0 Å². The predicted octanol–water partition coefficient (Wildman–Crippen LogP) is 1.18. The maximum atomic E-state index is 12.0. The van der Waals surface area contributed by atoms with Crippen molar-refractivity contribution >= 4 is 22.4 Å². The Balaban J connectivity index is 0.00000200. The van der Waals surface area contributed by atoms with Gasteiger partial charge in [0.2, 0.25) is 10.0 Å². The van der Waals surface area contributed by atoms with Gasteiger partial charge in [0.15, 0.2) is 0 Å². The molecule has 0 unspecified atom stereocenters. The lowest BCUT2D eigenvalue weighted by Gasteiger charge is -2.14. The van der Waals surface area contributed by atoms with Crippen LogP contribution in [0.15, 0.2) is 40.8 Å². The van der Waals surface area contributed by atoms with Crippen LogP contribution in [0, 0.1) is 11.3 Å². The molecule has 1 aliphatic rings. The second-order valence-electron chi connectivity index (χ2n) is 4.28. The number of nitriles is 1. The van der Waals surface area contributed by atoms with Gasteiger partial charge < -0.3 is 5.32 Å². The van der Waals surface area contributed by atoms with Gasteiger partial charge >= 0.3 is 0 Å². The Bertz CT molecular complexity index is 618. The van der Waals surface area contributed by atoms with Gasteiger partial charge in [-0.25, -0.2) is 13.1 Å². The lowest BCUT2D eigenvalue weighted by atomic mass is 10.1. The van der Waals surface area contributed by atoms with E-state index in [-0.39, 0.29) is 17.3 Å². The lowest BCUT2D eigenvalue weighted by Crippen LogP contribution is -2.29. The normalized spacial score (nSPS) is 14.8. The molecule has 1 aromatic carbocycles. The van der Waals surface area contributed by atoms with Crippen molar-refractivity contribution in [3.8, 4) is 6.07 Å². The molecule has 0 fully saturated rings. The fourth-order valence-electron chi connectivity index (χ4n) is 1.81. The number of benzene rings is 1. The highest BCUT2D eigenvalue weighted by molar-refractivity contribution is 7.89. The summed E-state index contributed by atoms with van der Waals surface area (Å²) in [5.74, 6) is 0. The number of sulfonamides is 1. The Morgan fingerprint density at radius 1 is 1.30 bits per heavy atom. The molecule has 5 nitrogen and oxygen atoms in total. The molecule has 0 aliphatic carbocycles. The Morgan fingerprint density at radius 3 is 2.55 bits per heavy atom. The third kappa shape index (κ3) is 4.32. The number of hydrogen-bond acceptors (Lipinski definition) is 4. The fraction of sp³-hybridized carbons (Fsp3) is 0.308. The molecular weight excluding hydrogens is 298 g/mol. The van der Waals surface area contributed by atoms with Crippen molar-refractivity contribution in [2.45, 2.75) is 11.3 Å². The third-order valence-electron chi connectivity index (χ3n) is 2.94. The van der Waals surface area contributed by atoms with Gasteiger partial charge in [0.05, 0.1) is 16.5 Å². The third-order valence-corrected chi connectivity index (χ3v) is 4.36. The summed E-state index contributed by atoms with van der Waals surface area (Å²) in [5.41, 5.74) is 1.54. The first-order valence-corrected chi connectivity index (χ1v) is 7.48. The van der Waals surface area contributed by atoms with Crippen molar-refractivity contribution in [3.63, 3.8) is 0 Å². The average Bonchev–Trinajstić information content (AvgIpc) is 2.46. The van der Waals surface area contributed by atoms with Crippen LogP contribution in [0.4, 0.5) is 0 Å². The maximum Gasteiger partial charge on any atom is 0.240 e. The van der Waals surface area contributed by atoms with Crippen molar-refractivity contribution in [3.05, 3.63) is 41.5 Å². The summed E-state index contributed by atoms with van der Waals surface area (Å²) in [4.78, 5) is 0.182. The molecule has 0 radical (unpaired) electrons. The minimum absolute atomic E-state index is 0. The Hall–Kier alpha value is -1.39. The first-order chi connectivity index (χ1) is 9.12. The molecule has 2 N–H and O–H groups in total. The molecule has 7 heteroatoms. The van der Waals surface area contributed by atoms with Crippen LogP contribution in [0.5, 0.6) is 0 Å². The molecular formula is C13H16ClN3O2S. The molecule has 0 atom stereocenters. The highest BCUT2D eigenvalue weighted by Gasteiger charge is 2.14. The van der Waals surface area contributed by atoms with Crippen molar-refractivity contribution < 1.29 is 8.42 Å². The van der Waals surface area contributed by atoms with Crippen LogP contribution in [0.1, 0.15) is 12.0 Å². The summed E-state index contributed by atoms with van der Waals surface area (Å²) in [6.07, 6.45) is 2.86. The first-order valence-electron chi connectivity index (χ1n) is 6.00. The standard InChI is InChI=1S/C13H15N3O2S.ClH/c14-9-11-1-3-13(4-2-11)19(17,18)16-10-12-5-7-15-8-6-12;/h1-5,15-16H,6-8,10H2;1H. The van der Waals surface area contributed by atoms with E-state index in [0.29, 0.717) is 12.1 Å². The smallest absolute Gasteiger partial charge is 0.240 e. The van der Waals surface area contributed by atoms with Gasteiger partial charge in [-0.15, -0.1) is 12.4 Å². The highest BCUT2D eigenvalue weighted by Crippen LogP contribution is 2.11. The molecule has 1 aromatic rings. The summed E-state index contributed by atoms with van der Waals surface area (Å²) in [6.45, 7) is 2.00. The van der Waals surface area contributed by atoms with Crippen LogP contribution in [-0.4, -0.2) is 28.1 Å². The Morgan fingerprint density at radius 2 is 2.00 bits per heavy atom. The zero-order valence-electron chi connectivity index (χ0n) is 10.8. The highest BCUT2D eigenvalue weighted by atomic mass is 35.5. The molecule has 0 bridgehead atoms. The second kappa shape index (κ2) is 7.41. The molecule has 0 saturated heterocycles.